The molecule has 0 unspecified atom stereocenters. The van der Waals surface area contributed by atoms with Crippen molar-refractivity contribution in [1.82, 2.24) is 4.31 Å². The molecule has 1 saturated heterocycles. The molecule has 0 spiro atoms. The highest BCUT2D eigenvalue weighted by Gasteiger charge is 2.37. The monoisotopic (exact) mass is 440 g/mol. The molecule has 28 heavy (non-hydrogen) atoms. The highest BCUT2D eigenvalue weighted by atomic mass is 35.5. The molecule has 148 valence electrons. The van der Waals surface area contributed by atoms with Crippen LogP contribution in [0, 0.1) is 0 Å². The van der Waals surface area contributed by atoms with E-state index in [1.165, 1.54) is 16.4 Å². The molecule has 0 aliphatic carbocycles. The second-order valence-electron chi connectivity index (χ2n) is 6.79. The van der Waals surface area contributed by atoms with Gasteiger partial charge in [-0.05, 0) is 55.3 Å². The number of rotatable bonds is 3. The Balaban J connectivity index is 1.52. The first kappa shape index (κ1) is 19.5. The third-order valence-corrected chi connectivity index (χ3v) is 7.49. The highest BCUT2D eigenvalue weighted by Crippen LogP contribution is 2.34. The van der Waals surface area contributed by atoms with Crippen LogP contribution in [0.1, 0.15) is 18.4 Å². The van der Waals surface area contributed by atoms with Crippen LogP contribution in [0.5, 0.6) is 0 Å². The number of benzene rings is 2. The van der Waals surface area contributed by atoms with Gasteiger partial charge in [0.15, 0.2) is 0 Å². The number of halogens is 2. The number of cyclic esters (lactones) is 1. The first-order valence-corrected chi connectivity index (χ1v) is 11.1. The maximum absolute atomic E-state index is 12.8. The second-order valence-corrected chi connectivity index (χ2v) is 9.60. The molecule has 2 aromatic carbocycles. The van der Waals surface area contributed by atoms with Crippen molar-refractivity contribution in [3.05, 3.63) is 58.1 Å². The van der Waals surface area contributed by atoms with Gasteiger partial charge in [-0.3, -0.25) is 4.90 Å². The number of fused-ring (bicyclic) bond motifs is 1. The van der Waals surface area contributed by atoms with Gasteiger partial charge in [-0.2, -0.15) is 4.31 Å². The van der Waals surface area contributed by atoms with Crippen molar-refractivity contribution in [3.63, 3.8) is 0 Å². The van der Waals surface area contributed by atoms with Crippen LogP contribution in [0.25, 0.3) is 0 Å². The fourth-order valence-corrected chi connectivity index (χ4v) is 5.44. The number of hydrogen-bond donors (Lipinski definition) is 0. The molecule has 0 saturated carbocycles. The number of anilines is 1. The van der Waals surface area contributed by atoms with Gasteiger partial charge in [-0.1, -0.05) is 23.2 Å². The summed E-state index contributed by atoms with van der Waals surface area (Å²) in [6.07, 6.45) is 0.627. The smallest absolute Gasteiger partial charge is 0.414 e. The summed E-state index contributed by atoms with van der Waals surface area (Å²) in [6.45, 7) is 0.833. The summed E-state index contributed by atoms with van der Waals surface area (Å²) < 4.78 is 32.4. The summed E-state index contributed by atoms with van der Waals surface area (Å²) >= 11 is 11.9. The van der Waals surface area contributed by atoms with E-state index >= 15 is 0 Å². The van der Waals surface area contributed by atoms with Crippen molar-refractivity contribution in [1.29, 1.82) is 0 Å². The maximum atomic E-state index is 12.8. The summed E-state index contributed by atoms with van der Waals surface area (Å²) in [7, 11) is -3.59. The van der Waals surface area contributed by atoms with E-state index in [-0.39, 0.29) is 17.5 Å². The van der Waals surface area contributed by atoms with Crippen molar-refractivity contribution in [3.8, 4) is 0 Å². The summed E-state index contributed by atoms with van der Waals surface area (Å²) in [6, 6.07) is 11.3. The lowest BCUT2D eigenvalue weighted by molar-refractivity contribution is 0.136. The summed E-state index contributed by atoms with van der Waals surface area (Å²) in [4.78, 5) is 14.2. The SMILES string of the molecule is O=C1OCc2cc(Cl)ccc2N1C1CCN(S(=O)(=O)c2ccc(Cl)cc2)CC1. The molecule has 0 radical (unpaired) electrons. The normalized spacial score (nSPS) is 18.6. The Hall–Kier alpha value is -1.80. The Kier molecular flexibility index (Phi) is 5.26. The van der Waals surface area contributed by atoms with Gasteiger partial charge in [0.2, 0.25) is 10.0 Å². The van der Waals surface area contributed by atoms with E-state index in [2.05, 4.69) is 0 Å². The quantitative estimate of drug-likeness (QED) is 0.713. The average Bonchev–Trinajstić information content (AvgIpc) is 2.68. The first-order chi connectivity index (χ1) is 13.4. The van der Waals surface area contributed by atoms with Crippen molar-refractivity contribution in [2.24, 2.45) is 0 Å². The lowest BCUT2D eigenvalue weighted by Gasteiger charge is -2.39. The number of ether oxygens (including phenoxy) is 1. The van der Waals surface area contributed by atoms with E-state index in [0.717, 1.165) is 11.3 Å². The number of piperidine rings is 1. The predicted octanol–water partition coefficient (Wildman–Crippen LogP) is 4.30. The van der Waals surface area contributed by atoms with Gasteiger partial charge < -0.3 is 4.74 Å². The van der Waals surface area contributed by atoms with Crippen molar-refractivity contribution < 1.29 is 17.9 Å². The molecule has 0 aromatic heterocycles. The fourth-order valence-electron chi connectivity index (χ4n) is 3.65. The molecule has 1 amide bonds. The van der Waals surface area contributed by atoms with Gasteiger partial charge in [0.1, 0.15) is 6.61 Å². The van der Waals surface area contributed by atoms with Crippen molar-refractivity contribution in [2.75, 3.05) is 18.0 Å². The molecule has 2 heterocycles. The van der Waals surface area contributed by atoms with Gasteiger partial charge in [0, 0.05) is 34.7 Å². The molecule has 0 atom stereocenters. The molecule has 2 aromatic rings. The minimum absolute atomic E-state index is 0.135. The van der Waals surface area contributed by atoms with E-state index in [0.29, 0.717) is 36.0 Å². The van der Waals surface area contributed by atoms with E-state index in [1.807, 2.05) is 6.07 Å². The van der Waals surface area contributed by atoms with Crippen LogP contribution in [0.4, 0.5) is 10.5 Å². The third kappa shape index (κ3) is 3.59. The van der Waals surface area contributed by atoms with Gasteiger partial charge in [-0.15, -0.1) is 0 Å². The zero-order valence-electron chi connectivity index (χ0n) is 14.8. The highest BCUT2D eigenvalue weighted by molar-refractivity contribution is 7.89. The molecule has 2 aliphatic rings. The summed E-state index contributed by atoms with van der Waals surface area (Å²) in [5.74, 6) is 0. The zero-order chi connectivity index (χ0) is 19.9. The van der Waals surface area contributed by atoms with E-state index in [4.69, 9.17) is 27.9 Å². The van der Waals surface area contributed by atoms with Crippen LogP contribution >= 0.6 is 23.2 Å². The van der Waals surface area contributed by atoms with Crippen LogP contribution in [-0.2, 0) is 21.4 Å². The fraction of sp³-hybridized carbons (Fsp3) is 0.316. The van der Waals surface area contributed by atoms with Crippen LogP contribution < -0.4 is 4.90 Å². The zero-order valence-corrected chi connectivity index (χ0v) is 17.2. The van der Waals surface area contributed by atoms with Gasteiger partial charge in [0.25, 0.3) is 0 Å². The Bertz CT molecular complexity index is 1000. The van der Waals surface area contributed by atoms with Gasteiger partial charge >= 0.3 is 6.09 Å². The first-order valence-electron chi connectivity index (χ1n) is 8.86. The number of hydrogen-bond acceptors (Lipinski definition) is 4. The lowest BCUT2D eigenvalue weighted by Crippen LogP contribution is -2.50. The third-order valence-electron chi connectivity index (χ3n) is 5.09. The van der Waals surface area contributed by atoms with Crippen molar-refractivity contribution >= 4 is 45.0 Å². The number of carbonyl (C=O) groups excluding carboxylic acids is 1. The molecule has 0 N–H and O–H groups in total. The standard InChI is InChI=1S/C19H18Cl2N2O4S/c20-14-1-4-17(5-2-14)28(25,26)22-9-7-16(8-10-22)23-18-6-3-15(21)11-13(18)12-27-19(23)24/h1-6,11,16H,7-10,12H2. The molecule has 2 aliphatic heterocycles. The van der Waals surface area contributed by atoms with Gasteiger partial charge in [-0.25, -0.2) is 13.2 Å². The number of carbonyl (C=O) groups is 1. The van der Waals surface area contributed by atoms with E-state index in [9.17, 15) is 13.2 Å². The van der Waals surface area contributed by atoms with Crippen LogP contribution in [-0.4, -0.2) is 37.9 Å². The Morgan fingerprint density at radius 1 is 0.964 bits per heavy atom. The number of amides is 1. The average molecular weight is 441 g/mol. The number of nitrogens with zero attached hydrogens (tertiary/aromatic N) is 2. The Morgan fingerprint density at radius 3 is 2.29 bits per heavy atom. The maximum Gasteiger partial charge on any atom is 0.414 e. The number of sulfonamides is 1. The molecule has 9 heteroatoms. The summed E-state index contributed by atoms with van der Waals surface area (Å²) in [5.41, 5.74) is 1.63. The predicted molar refractivity (Wildman–Crippen MR) is 107 cm³/mol. The molecular formula is C19H18Cl2N2O4S. The minimum Gasteiger partial charge on any atom is -0.444 e. The molecule has 4 rings (SSSR count). The van der Waals surface area contributed by atoms with E-state index < -0.39 is 16.1 Å². The van der Waals surface area contributed by atoms with Crippen LogP contribution in [0.3, 0.4) is 0 Å². The molecular weight excluding hydrogens is 423 g/mol. The van der Waals surface area contributed by atoms with Crippen LogP contribution in [0.2, 0.25) is 10.0 Å². The molecule has 6 nitrogen and oxygen atoms in total. The Labute approximate surface area is 173 Å². The van der Waals surface area contributed by atoms with Gasteiger partial charge in [0.05, 0.1) is 10.6 Å². The molecule has 1 fully saturated rings. The minimum atomic E-state index is -3.59. The van der Waals surface area contributed by atoms with Crippen LogP contribution in [0.15, 0.2) is 47.4 Å². The molecule has 0 bridgehead atoms. The van der Waals surface area contributed by atoms with Crippen molar-refractivity contribution in [2.45, 2.75) is 30.4 Å². The topological polar surface area (TPSA) is 66.9 Å². The second kappa shape index (κ2) is 7.55. The Morgan fingerprint density at radius 2 is 1.61 bits per heavy atom. The largest absolute Gasteiger partial charge is 0.444 e. The lowest BCUT2D eigenvalue weighted by atomic mass is 10.0. The van der Waals surface area contributed by atoms with E-state index in [1.54, 1.807) is 29.2 Å². The summed E-state index contributed by atoms with van der Waals surface area (Å²) in [5, 5.41) is 1.07.